The van der Waals surface area contributed by atoms with Crippen molar-refractivity contribution in [3.8, 4) is 6.01 Å². The Morgan fingerprint density at radius 1 is 0.429 bits per heavy atom. The average Bonchev–Trinajstić information content (AvgIpc) is 3.07. The quantitative estimate of drug-likeness (QED) is 0.0916. The van der Waals surface area contributed by atoms with E-state index in [1.165, 1.54) is 60.7 Å². The largest absolute Gasteiger partial charge is 0.479 e. The fourth-order valence-corrected chi connectivity index (χ4v) is 4.58. The van der Waals surface area contributed by atoms with E-state index in [4.69, 9.17) is 0 Å². The van der Waals surface area contributed by atoms with Gasteiger partial charge in [-0.3, -0.25) is 9.59 Å². The summed E-state index contributed by atoms with van der Waals surface area (Å²) in [6.45, 7) is 0. The number of anilines is 4. The number of rotatable bonds is 12. The number of nitrogens with one attached hydrogen (secondary N) is 2. The van der Waals surface area contributed by atoms with Gasteiger partial charge in [0.2, 0.25) is 11.9 Å². The Bertz CT molecular complexity index is 2030. The van der Waals surface area contributed by atoms with E-state index in [0.717, 1.165) is 24.3 Å². The number of hydrogen-bond acceptors (Lipinski definition) is 12. The van der Waals surface area contributed by atoms with Crippen molar-refractivity contribution >= 4 is 58.7 Å². The molecule has 0 atom stereocenters. The van der Waals surface area contributed by atoms with Gasteiger partial charge in [-0.1, -0.05) is 12.1 Å². The van der Waals surface area contributed by atoms with Crippen LogP contribution in [-0.4, -0.2) is 75.9 Å². The van der Waals surface area contributed by atoms with Crippen molar-refractivity contribution in [3.05, 3.63) is 129 Å². The summed E-state index contributed by atoms with van der Waals surface area (Å²) in [6.07, 6.45) is 0. The van der Waals surface area contributed by atoms with Gasteiger partial charge in [0.25, 0.3) is 0 Å². The van der Waals surface area contributed by atoms with Crippen LogP contribution in [0.25, 0.3) is 0 Å². The van der Waals surface area contributed by atoms with Crippen molar-refractivity contribution in [2.45, 2.75) is 0 Å². The Labute approximate surface area is 274 Å². The van der Waals surface area contributed by atoms with E-state index in [1.54, 1.807) is 0 Å². The van der Waals surface area contributed by atoms with Gasteiger partial charge in [0.05, 0.1) is 22.3 Å². The maximum absolute atomic E-state index is 12.9. The van der Waals surface area contributed by atoms with Gasteiger partial charge in [0.15, 0.2) is 11.6 Å². The fourth-order valence-electron chi connectivity index (χ4n) is 4.58. The van der Waals surface area contributed by atoms with Crippen LogP contribution in [0.3, 0.4) is 0 Å². The lowest BCUT2D eigenvalue weighted by atomic mass is 9.98. The van der Waals surface area contributed by atoms with Crippen LogP contribution in [0, 0.1) is 0 Å². The van der Waals surface area contributed by atoms with Crippen molar-refractivity contribution in [1.29, 1.82) is 0 Å². The lowest BCUT2D eigenvalue weighted by molar-refractivity contribution is 0.0651. The first-order valence-corrected chi connectivity index (χ1v) is 13.8. The Kier molecular flexibility index (Phi) is 9.04. The molecule has 0 saturated heterocycles. The minimum Gasteiger partial charge on any atom is -0.479 e. The van der Waals surface area contributed by atoms with E-state index in [2.05, 4.69) is 25.6 Å². The van der Waals surface area contributed by atoms with Gasteiger partial charge in [-0.05, 0) is 72.8 Å². The molecule has 16 heteroatoms. The molecule has 0 radical (unpaired) electrons. The van der Waals surface area contributed by atoms with Crippen molar-refractivity contribution in [1.82, 2.24) is 15.0 Å². The second-order valence-electron chi connectivity index (χ2n) is 10.1. The molecule has 0 fully saturated rings. The molecule has 49 heavy (non-hydrogen) atoms. The minimum absolute atomic E-state index is 0.0275. The summed E-state index contributed by atoms with van der Waals surface area (Å²) >= 11 is 0. The van der Waals surface area contributed by atoms with E-state index in [1.807, 2.05) is 0 Å². The molecule has 0 aliphatic heterocycles. The Morgan fingerprint density at radius 3 is 1.08 bits per heavy atom. The highest BCUT2D eigenvalue weighted by atomic mass is 16.4. The summed E-state index contributed by atoms with van der Waals surface area (Å²) in [4.78, 5) is 83.3. The molecule has 5 rings (SSSR count). The summed E-state index contributed by atoms with van der Waals surface area (Å²) in [5.74, 6) is -7.15. The third-order valence-corrected chi connectivity index (χ3v) is 6.92. The van der Waals surface area contributed by atoms with E-state index in [-0.39, 0.29) is 34.2 Å². The van der Waals surface area contributed by atoms with Crippen LogP contribution in [0.15, 0.2) is 84.9 Å². The number of aromatic hydroxyl groups is 1. The van der Waals surface area contributed by atoms with Gasteiger partial charge in [-0.15, -0.1) is 0 Å². The molecule has 4 aromatic carbocycles. The molecule has 1 aromatic heterocycles. The number of carbonyl (C=O) groups excluding carboxylic acids is 2. The highest BCUT2D eigenvalue weighted by Crippen LogP contribution is 2.23. The number of aromatic carboxylic acids is 4. The lowest BCUT2D eigenvalue weighted by Gasteiger charge is -2.10. The number of aromatic nitrogens is 3. The third-order valence-electron chi connectivity index (χ3n) is 6.92. The first-order chi connectivity index (χ1) is 23.3. The zero-order chi connectivity index (χ0) is 35.4. The molecule has 0 aliphatic rings. The van der Waals surface area contributed by atoms with Crippen molar-refractivity contribution in [2.75, 3.05) is 10.6 Å². The van der Waals surface area contributed by atoms with Gasteiger partial charge >= 0.3 is 29.9 Å². The molecule has 5 aromatic rings. The standard InChI is InChI=1S/C33H21N5O11/c39-25(17-5-11-21(27(41)42)23(13-17)29(45)46)15-1-7-19(8-2-15)34-31-36-32(38-33(49)37-31)35-20-9-3-16(4-10-20)26(40)18-6-12-22(28(43)44)24(14-18)30(47)48/h1-14H,(H,41,42)(H,43,44)(H,45,46)(H,47,48)(H3,34,35,36,37,38,49). The van der Waals surface area contributed by atoms with Gasteiger partial charge < -0.3 is 36.2 Å². The predicted molar refractivity (Wildman–Crippen MR) is 169 cm³/mol. The number of carboxylic acids is 4. The monoisotopic (exact) mass is 663 g/mol. The number of carboxylic acid groups (broad SMARTS) is 4. The number of hydrogen-bond donors (Lipinski definition) is 7. The summed E-state index contributed by atoms with van der Waals surface area (Å²) in [5.41, 5.74) is -0.881. The zero-order valence-electron chi connectivity index (χ0n) is 24.6. The van der Waals surface area contributed by atoms with Crippen LogP contribution in [0.2, 0.25) is 0 Å². The number of benzene rings is 4. The second-order valence-corrected chi connectivity index (χ2v) is 10.1. The molecular weight excluding hydrogens is 642 g/mol. The number of ketones is 2. The van der Waals surface area contributed by atoms with Gasteiger partial charge in [0, 0.05) is 33.6 Å². The van der Waals surface area contributed by atoms with Gasteiger partial charge in [-0.25, -0.2) is 19.2 Å². The number of nitrogens with zero attached hydrogens (tertiary/aromatic N) is 3. The van der Waals surface area contributed by atoms with Crippen molar-refractivity contribution in [3.63, 3.8) is 0 Å². The Morgan fingerprint density at radius 2 is 0.755 bits per heavy atom. The highest BCUT2D eigenvalue weighted by Gasteiger charge is 2.21. The molecule has 7 N–H and O–H groups in total. The van der Waals surface area contributed by atoms with E-state index in [0.29, 0.717) is 11.4 Å². The average molecular weight is 664 g/mol. The summed E-state index contributed by atoms with van der Waals surface area (Å²) < 4.78 is 0. The fraction of sp³-hybridized carbons (Fsp3) is 0. The molecule has 1 heterocycles. The van der Waals surface area contributed by atoms with Crippen LogP contribution >= 0.6 is 0 Å². The van der Waals surface area contributed by atoms with Gasteiger partial charge in [0.1, 0.15) is 0 Å². The zero-order valence-corrected chi connectivity index (χ0v) is 24.6. The van der Waals surface area contributed by atoms with E-state index < -0.39 is 63.7 Å². The second kappa shape index (κ2) is 13.5. The van der Waals surface area contributed by atoms with E-state index >= 15 is 0 Å². The smallest absolute Gasteiger partial charge is 0.336 e. The minimum atomic E-state index is -1.49. The van der Waals surface area contributed by atoms with Crippen LogP contribution < -0.4 is 10.6 Å². The Balaban J connectivity index is 1.28. The summed E-state index contributed by atoms with van der Waals surface area (Å²) in [7, 11) is 0. The maximum atomic E-state index is 12.9. The highest BCUT2D eigenvalue weighted by molar-refractivity contribution is 6.12. The third kappa shape index (κ3) is 7.33. The maximum Gasteiger partial charge on any atom is 0.336 e. The van der Waals surface area contributed by atoms with E-state index in [9.17, 15) is 54.3 Å². The van der Waals surface area contributed by atoms with Crippen LogP contribution in [-0.2, 0) is 0 Å². The van der Waals surface area contributed by atoms with Gasteiger partial charge in [-0.2, -0.15) is 15.0 Å². The molecule has 16 nitrogen and oxygen atoms in total. The van der Waals surface area contributed by atoms with Crippen molar-refractivity contribution in [2.24, 2.45) is 0 Å². The number of carbonyl (C=O) groups is 6. The van der Waals surface area contributed by atoms with Crippen LogP contribution in [0.4, 0.5) is 23.3 Å². The van der Waals surface area contributed by atoms with Crippen molar-refractivity contribution < 1.29 is 54.3 Å². The topological polar surface area (TPSA) is 266 Å². The Hall–Kier alpha value is -7.49. The lowest BCUT2D eigenvalue weighted by Crippen LogP contribution is -2.11. The first-order valence-electron chi connectivity index (χ1n) is 13.8. The van der Waals surface area contributed by atoms with Crippen LogP contribution in [0.1, 0.15) is 73.3 Å². The predicted octanol–water partition coefficient (Wildman–Crippen LogP) is 4.32. The SMILES string of the molecule is O=C(c1ccc(Nc2nc(O)nc(Nc3ccc(C(=O)c4ccc(C(=O)O)c(C(=O)O)c4)cc3)n2)cc1)c1ccc(C(=O)O)c(C(=O)O)c1. The molecule has 0 bridgehead atoms. The molecule has 244 valence electrons. The normalized spacial score (nSPS) is 10.5. The molecule has 0 aliphatic carbocycles. The summed E-state index contributed by atoms with van der Waals surface area (Å²) in [5, 5.41) is 52.8. The molecule has 0 amide bonds. The van der Waals surface area contributed by atoms with Crippen LogP contribution in [0.5, 0.6) is 6.01 Å². The molecular formula is C33H21N5O11. The molecule has 0 saturated carbocycles. The molecule has 0 spiro atoms. The first kappa shape index (κ1) is 32.9. The molecule has 0 unspecified atom stereocenters. The summed E-state index contributed by atoms with van der Waals surface area (Å²) in [6, 6.07) is 17.6.